The van der Waals surface area contributed by atoms with Crippen LogP contribution in [-0.2, 0) is 20.7 Å². The smallest absolute Gasteiger partial charge is 0.407 e. The summed E-state index contributed by atoms with van der Waals surface area (Å²) in [4.78, 5) is 22.5. The van der Waals surface area contributed by atoms with Gasteiger partial charge in [0.2, 0.25) is 0 Å². The normalized spacial score (nSPS) is 19.4. The van der Waals surface area contributed by atoms with E-state index in [2.05, 4.69) is 5.32 Å². The van der Waals surface area contributed by atoms with Gasteiger partial charge in [0.1, 0.15) is 12.6 Å². The molecule has 0 unspecified atom stereocenters. The lowest BCUT2D eigenvalue weighted by Gasteiger charge is -2.13. The fourth-order valence-corrected chi connectivity index (χ4v) is 1.76. The molecule has 1 saturated heterocycles. The largest absolute Gasteiger partial charge is 0.460 e. The van der Waals surface area contributed by atoms with Crippen molar-refractivity contribution < 1.29 is 19.1 Å². The quantitative estimate of drug-likeness (QED) is 0.742. The summed E-state index contributed by atoms with van der Waals surface area (Å²) in [6.07, 6.45) is -0.502. The lowest BCUT2D eigenvalue weighted by Crippen LogP contribution is -2.36. The Hall–Kier alpha value is -2.08. The number of esters is 1. The molecule has 6 heteroatoms. The minimum Gasteiger partial charge on any atom is -0.460 e. The van der Waals surface area contributed by atoms with Crippen LogP contribution in [0.4, 0.5) is 4.79 Å². The van der Waals surface area contributed by atoms with Crippen LogP contribution in [0.5, 0.6) is 0 Å². The molecule has 1 aromatic rings. The molecule has 1 fully saturated rings. The van der Waals surface area contributed by atoms with Crippen molar-refractivity contribution in [3.05, 3.63) is 35.9 Å². The highest BCUT2D eigenvalue weighted by molar-refractivity contribution is 5.76. The van der Waals surface area contributed by atoms with Gasteiger partial charge in [0.25, 0.3) is 0 Å². The van der Waals surface area contributed by atoms with Gasteiger partial charge < -0.3 is 20.5 Å². The highest BCUT2D eigenvalue weighted by Gasteiger charge is 2.25. The Kier molecular flexibility index (Phi) is 4.35. The Balaban J connectivity index is 1.75. The fourth-order valence-electron chi connectivity index (χ4n) is 1.76. The number of nitrogens with one attached hydrogen (secondary N) is 1. The van der Waals surface area contributed by atoms with Crippen molar-refractivity contribution in [2.24, 2.45) is 5.73 Å². The first kappa shape index (κ1) is 13.4. The fraction of sp³-hybridized carbons (Fsp3) is 0.385. The molecule has 6 nitrogen and oxygen atoms in total. The number of carbonyl (C=O) groups is 2. The molecule has 1 aromatic carbocycles. The van der Waals surface area contributed by atoms with Crippen molar-refractivity contribution in [3.63, 3.8) is 0 Å². The molecule has 1 aliphatic heterocycles. The van der Waals surface area contributed by atoms with Crippen LogP contribution in [0.15, 0.2) is 30.3 Å². The molecule has 1 heterocycles. The van der Waals surface area contributed by atoms with Gasteiger partial charge in [-0.15, -0.1) is 0 Å². The third-order valence-electron chi connectivity index (χ3n) is 2.76. The number of hydrogen-bond donors (Lipinski definition) is 2. The molecule has 2 rings (SSSR count). The van der Waals surface area contributed by atoms with Gasteiger partial charge >= 0.3 is 12.1 Å². The summed E-state index contributed by atoms with van der Waals surface area (Å²) in [5.74, 6) is -0.494. The minimum atomic E-state index is -0.715. The summed E-state index contributed by atoms with van der Waals surface area (Å²) in [6.45, 7) is 0.375. The number of amides is 1. The predicted molar refractivity (Wildman–Crippen MR) is 67.4 cm³/mol. The third kappa shape index (κ3) is 3.96. The lowest BCUT2D eigenvalue weighted by atomic mass is 10.1. The van der Waals surface area contributed by atoms with Crippen molar-refractivity contribution in [1.29, 1.82) is 0 Å². The van der Waals surface area contributed by atoms with Crippen molar-refractivity contribution in [3.8, 4) is 0 Å². The summed E-state index contributed by atoms with van der Waals surface area (Å²) in [6, 6.07) is 8.75. The number of alkyl carbamates (subject to hydrolysis) is 1. The van der Waals surface area contributed by atoms with E-state index in [1.807, 2.05) is 30.3 Å². The van der Waals surface area contributed by atoms with Gasteiger partial charge in [0, 0.05) is 0 Å². The van der Waals surface area contributed by atoms with E-state index in [4.69, 9.17) is 15.2 Å². The van der Waals surface area contributed by atoms with Crippen LogP contribution < -0.4 is 11.1 Å². The van der Waals surface area contributed by atoms with E-state index in [0.29, 0.717) is 13.0 Å². The van der Waals surface area contributed by atoms with Crippen LogP contribution >= 0.6 is 0 Å². The van der Waals surface area contributed by atoms with Gasteiger partial charge in [-0.05, 0) is 12.0 Å². The molecule has 2 atom stereocenters. The zero-order valence-electron chi connectivity index (χ0n) is 10.4. The average molecular weight is 264 g/mol. The van der Waals surface area contributed by atoms with Crippen LogP contribution in [0.3, 0.4) is 0 Å². The Morgan fingerprint density at radius 3 is 2.84 bits per heavy atom. The van der Waals surface area contributed by atoms with Crippen LogP contribution in [0.1, 0.15) is 5.56 Å². The first-order chi connectivity index (χ1) is 9.15. The summed E-state index contributed by atoms with van der Waals surface area (Å²) in [5.41, 5.74) is 6.74. The maximum Gasteiger partial charge on any atom is 0.407 e. The number of benzene rings is 1. The van der Waals surface area contributed by atoms with Crippen LogP contribution in [-0.4, -0.2) is 37.4 Å². The van der Waals surface area contributed by atoms with Crippen molar-refractivity contribution >= 4 is 12.1 Å². The van der Waals surface area contributed by atoms with E-state index in [0.717, 1.165) is 5.56 Å². The van der Waals surface area contributed by atoms with E-state index in [1.165, 1.54) is 0 Å². The Morgan fingerprint density at radius 2 is 2.21 bits per heavy atom. The highest BCUT2D eigenvalue weighted by atomic mass is 16.6. The van der Waals surface area contributed by atoms with Crippen molar-refractivity contribution in [2.75, 3.05) is 13.2 Å². The summed E-state index contributed by atoms with van der Waals surface area (Å²) >= 11 is 0. The molecule has 1 aliphatic rings. The van der Waals surface area contributed by atoms with Crippen molar-refractivity contribution in [2.45, 2.75) is 18.6 Å². The van der Waals surface area contributed by atoms with Gasteiger partial charge in [0.15, 0.2) is 6.10 Å². The minimum absolute atomic E-state index is 0.0278. The molecular weight excluding hydrogens is 248 g/mol. The van der Waals surface area contributed by atoms with Gasteiger partial charge in [-0.2, -0.15) is 0 Å². The SMILES string of the molecule is N[C@@H](Cc1ccccc1)C(=O)OC[C@H]1CNC(=O)O1. The van der Waals surface area contributed by atoms with Gasteiger partial charge in [0.05, 0.1) is 6.54 Å². The average Bonchev–Trinajstić information content (AvgIpc) is 2.83. The highest BCUT2D eigenvalue weighted by Crippen LogP contribution is 2.05. The van der Waals surface area contributed by atoms with E-state index < -0.39 is 24.2 Å². The zero-order chi connectivity index (χ0) is 13.7. The second-order valence-electron chi connectivity index (χ2n) is 4.33. The molecular formula is C13H16N2O4. The molecule has 19 heavy (non-hydrogen) atoms. The van der Waals surface area contributed by atoms with Gasteiger partial charge in [-0.3, -0.25) is 4.79 Å². The Morgan fingerprint density at radius 1 is 1.47 bits per heavy atom. The van der Waals surface area contributed by atoms with Crippen LogP contribution in [0.2, 0.25) is 0 Å². The number of cyclic esters (lactones) is 1. The van der Waals surface area contributed by atoms with E-state index in [-0.39, 0.29) is 6.61 Å². The number of carbonyl (C=O) groups excluding carboxylic acids is 2. The van der Waals surface area contributed by atoms with E-state index in [9.17, 15) is 9.59 Å². The zero-order valence-corrected chi connectivity index (χ0v) is 10.4. The summed E-state index contributed by atoms with van der Waals surface area (Å²) < 4.78 is 9.87. The van der Waals surface area contributed by atoms with E-state index in [1.54, 1.807) is 0 Å². The molecule has 0 spiro atoms. The van der Waals surface area contributed by atoms with Gasteiger partial charge in [-0.25, -0.2) is 4.79 Å². The molecule has 0 radical (unpaired) electrons. The standard InChI is InChI=1S/C13H16N2O4/c14-11(6-9-4-2-1-3-5-9)12(16)18-8-10-7-15-13(17)19-10/h1-5,10-11H,6-8,14H2,(H,15,17)/t10-,11+/m1/s1. The maximum absolute atomic E-state index is 11.7. The van der Waals surface area contributed by atoms with Crippen molar-refractivity contribution in [1.82, 2.24) is 5.32 Å². The first-order valence-electron chi connectivity index (χ1n) is 6.06. The Labute approximate surface area is 110 Å². The molecule has 0 aliphatic carbocycles. The number of nitrogens with two attached hydrogens (primary N) is 1. The molecule has 3 N–H and O–H groups in total. The topological polar surface area (TPSA) is 90.7 Å². The number of ether oxygens (including phenoxy) is 2. The lowest BCUT2D eigenvalue weighted by molar-refractivity contribution is -0.147. The maximum atomic E-state index is 11.7. The molecule has 0 bridgehead atoms. The van der Waals surface area contributed by atoms with Gasteiger partial charge in [-0.1, -0.05) is 30.3 Å². The third-order valence-corrected chi connectivity index (χ3v) is 2.76. The van der Waals surface area contributed by atoms with Crippen LogP contribution in [0.25, 0.3) is 0 Å². The second-order valence-corrected chi connectivity index (χ2v) is 4.33. The summed E-state index contributed by atoms with van der Waals surface area (Å²) in [5, 5.41) is 2.48. The Bertz CT molecular complexity index is 449. The first-order valence-corrected chi connectivity index (χ1v) is 6.06. The molecule has 0 aromatic heterocycles. The monoisotopic (exact) mass is 264 g/mol. The van der Waals surface area contributed by atoms with Crippen LogP contribution in [0, 0.1) is 0 Å². The predicted octanol–water partition coefficient (Wildman–Crippen LogP) is 0.208. The second kappa shape index (κ2) is 6.19. The molecule has 1 amide bonds. The summed E-state index contributed by atoms with van der Waals surface area (Å²) in [7, 11) is 0. The number of rotatable bonds is 5. The molecule has 0 saturated carbocycles. The number of hydrogen-bond acceptors (Lipinski definition) is 5. The van der Waals surface area contributed by atoms with E-state index >= 15 is 0 Å². The molecule has 102 valence electrons.